The summed E-state index contributed by atoms with van der Waals surface area (Å²) >= 11 is 3.57. The normalized spacial score (nSPS) is 14.4. The first-order chi connectivity index (χ1) is 8.08. The van der Waals surface area contributed by atoms with E-state index in [4.69, 9.17) is 9.47 Å². The van der Waals surface area contributed by atoms with Gasteiger partial charge in [0.25, 0.3) is 0 Å². The van der Waals surface area contributed by atoms with Crippen LogP contribution < -0.4 is 10.1 Å². The molecule has 4 heteroatoms. The van der Waals surface area contributed by atoms with Gasteiger partial charge in [-0.05, 0) is 38.6 Å². The van der Waals surface area contributed by atoms with Gasteiger partial charge in [0.1, 0.15) is 11.9 Å². The molecule has 2 atom stereocenters. The first-order valence-electron chi connectivity index (χ1n) is 5.70. The highest BCUT2D eigenvalue weighted by Crippen LogP contribution is 2.27. The largest absolute Gasteiger partial charge is 0.488 e. The Morgan fingerprint density at radius 1 is 1.35 bits per heavy atom. The first kappa shape index (κ1) is 14.5. The molecule has 0 aliphatic rings. The van der Waals surface area contributed by atoms with Gasteiger partial charge in [-0.15, -0.1) is 0 Å². The molecule has 17 heavy (non-hydrogen) atoms. The molecule has 96 valence electrons. The van der Waals surface area contributed by atoms with Crippen LogP contribution in [0.2, 0.25) is 0 Å². The van der Waals surface area contributed by atoms with Crippen LogP contribution in [0.5, 0.6) is 5.75 Å². The van der Waals surface area contributed by atoms with Crippen LogP contribution in [0.15, 0.2) is 22.7 Å². The molecular formula is C13H20BrNO2. The van der Waals surface area contributed by atoms with Crippen LogP contribution in [0.25, 0.3) is 0 Å². The Hall–Kier alpha value is -0.580. The van der Waals surface area contributed by atoms with Gasteiger partial charge in [-0.25, -0.2) is 0 Å². The highest BCUT2D eigenvalue weighted by Gasteiger charge is 2.09. The zero-order valence-electron chi connectivity index (χ0n) is 10.8. The maximum atomic E-state index is 5.73. The Morgan fingerprint density at radius 3 is 2.59 bits per heavy atom. The Labute approximate surface area is 112 Å². The van der Waals surface area contributed by atoms with Crippen molar-refractivity contribution in [3.8, 4) is 5.75 Å². The molecule has 0 bridgehead atoms. The Bertz CT molecular complexity index is 357. The molecule has 1 N–H and O–H groups in total. The molecule has 0 aliphatic carbocycles. The summed E-state index contributed by atoms with van der Waals surface area (Å²) in [6, 6.07) is 6.37. The molecule has 0 aliphatic heterocycles. The standard InChI is InChI=1S/C13H20BrNO2/c1-9(8-16-4)17-11-5-6-12(10(2)15-3)13(14)7-11/h5-7,9-10,15H,8H2,1-4H3. The number of hydrogen-bond donors (Lipinski definition) is 1. The van der Waals surface area contributed by atoms with Crippen LogP contribution in [0, 0.1) is 0 Å². The minimum absolute atomic E-state index is 0.0551. The minimum atomic E-state index is 0.0551. The van der Waals surface area contributed by atoms with Gasteiger partial charge >= 0.3 is 0 Å². The van der Waals surface area contributed by atoms with Crippen molar-refractivity contribution in [2.45, 2.75) is 26.0 Å². The molecule has 1 rings (SSSR count). The van der Waals surface area contributed by atoms with Crippen molar-refractivity contribution in [2.75, 3.05) is 20.8 Å². The maximum Gasteiger partial charge on any atom is 0.120 e. The smallest absolute Gasteiger partial charge is 0.120 e. The molecule has 0 amide bonds. The van der Waals surface area contributed by atoms with Gasteiger partial charge in [0.15, 0.2) is 0 Å². The lowest BCUT2D eigenvalue weighted by Crippen LogP contribution is -2.18. The summed E-state index contributed by atoms with van der Waals surface area (Å²) in [7, 11) is 3.62. The highest BCUT2D eigenvalue weighted by atomic mass is 79.9. The SMILES string of the molecule is CNC(C)c1ccc(OC(C)COC)cc1Br. The predicted octanol–water partition coefficient (Wildman–Crippen LogP) is 3.14. The van der Waals surface area contributed by atoms with E-state index in [1.54, 1.807) is 7.11 Å². The summed E-state index contributed by atoms with van der Waals surface area (Å²) in [4.78, 5) is 0. The fraction of sp³-hybridized carbons (Fsp3) is 0.538. The number of ether oxygens (including phenoxy) is 2. The average Bonchev–Trinajstić information content (AvgIpc) is 2.28. The van der Waals surface area contributed by atoms with Crippen LogP contribution in [0.1, 0.15) is 25.5 Å². The lowest BCUT2D eigenvalue weighted by molar-refractivity contribution is 0.0920. The van der Waals surface area contributed by atoms with Crippen molar-refractivity contribution < 1.29 is 9.47 Å². The van der Waals surface area contributed by atoms with Crippen molar-refractivity contribution in [1.82, 2.24) is 5.32 Å². The van der Waals surface area contributed by atoms with Crippen LogP contribution in [-0.2, 0) is 4.74 Å². The zero-order chi connectivity index (χ0) is 12.8. The number of hydrogen-bond acceptors (Lipinski definition) is 3. The fourth-order valence-corrected chi connectivity index (χ4v) is 2.29. The average molecular weight is 302 g/mol. The van der Waals surface area contributed by atoms with Crippen molar-refractivity contribution in [1.29, 1.82) is 0 Å². The third kappa shape index (κ3) is 4.30. The second kappa shape index (κ2) is 6.99. The quantitative estimate of drug-likeness (QED) is 0.875. The highest BCUT2D eigenvalue weighted by molar-refractivity contribution is 9.10. The molecule has 0 saturated carbocycles. The summed E-state index contributed by atoms with van der Waals surface area (Å²) in [5.74, 6) is 0.855. The van der Waals surface area contributed by atoms with Gasteiger partial charge < -0.3 is 14.8 Å². The van der Waals surface area contributed by atoms with Gasteiger partial charge in [-0.2, -0.15) is 0 Å². The van der Waals surface area contributed by atoms with Crippen molar-refractivity contribution in [2.24, 2.45) is 0 Å². The molecule has 1 aromatic rings. The van der Waals surface area contributed by atoms with Gasteiger partial charge in [0.05, 0.1) is 6.61 Å². The van der Waals surface area contributed by atoms with Crippen molar-refractivity contribution in [3.63, 3.8) is 0 Å². The number of methoxy groups -OCH3 is 1. The van der Waals surface area contributed by atoms with E-state index >= 15 is 0 Å². The van der Waals surface area contributed by atoms with E-state index < -0.39 is 0 Å². The second-order valence-corrected chi connectivity index (χ2v) is 4.93. The van der Waals surface area contributed by atoms with Crippen LogP contribution >= 0.6 is 15.9 Å². The van der Waals surface area contributed by atoms with E-state index in [2.05, 4.69) is 34.2 Å². The second-order valence-electron chi connectivity index (χ2n) is 4.08. The number of rotatable bonds is 6. The van der Waals surface area contributed by atoms with Crippen molar-refractivity contribution >= 4 is 15.9 Å². The third-order valence-corrected chi connectivity index (χ3v) is 3.30. The van der Waals surface area contributed by atoms with Crippen LogP contribution in [0.3, 0.4) is 0 Å². The lowest BCUT2D eigenvalue weighted by Gasteiger charge is -2.17. The zero-order valence-corrected chi connectivity index (χ0v) is 12.4. The molecule has 0 fully saturated rings. The van der Waals surface area contributed by atoms with E-state index in [0.29, 0.717) is 12.6 Å². The number of nitrogens with one attached hydrogen (secondary N) is 1. The monoisotopic (exact) mass is 301 g/mol. The lowest BCUT2D eigenvalue weighted by atomic mass is 10.1. The van der Waals surface area contributed by atoms with Gasteiger partial charge in [0, 0.05) is 17.6 Å². The molecular weight excluding hydrogens is 282 g/mol. The van der Waals surface area contributed by atoms with Gasteiger partial charge in [-0.1, -0.05) is 22.0 Å². The maximum absolute atomic E-state index is 5.73. The molecule has 0 aromatic heterocycles. The minimum Gasteiger partial charge on any atom is -0.488 e. The summed E-state index contributed by atoms with van der Waals surface area (Å²) in [5.41, 5.74) is 1.22. The van der Waals surface area contributed by atoms with Crippen molar-refractivity contribution in [3.05, 3.63) is 28.2 Å². The fourth-order valence-electron chi connectivity index (χ4n) is 1.59. The molecule has 0 saturated heterocycles. The van der Waals surface area contributed by atoms with E-state index in [1.807, 2.05) is 26.1 Å². The van der Waals surface area contributed by atoms with Gasteiger partial charge in [-0.3, -0.25) is 0 Å². The summed E-state index contributed by atoms with van der Waals surface area (Å²) in [6.45, 7) is 4.70. The molecule has 0 spiro atoms. The molecule has 0 radical (unpaired) electrons. The summed E-state index contributed by atoms with van der Waals surface area (Å²) in [6.07, 6.45) is 0.0551. The molecule has 3 nitrogen and oxygen atoms in total. The molecule has 0 heterocycles. The van der Waals surface area contributed by atoms with Crippen LogP contribution in [-0.4, -0.2) is 26.9 Å². The van der Waals surface area contributed by atoms with E-state index in [-0.39, 0.29) is 6.10 Å². The van der Waals surface area contributed by atoms with E-state index in [0.717, 1.165) is 10.2 Å². The number of benzene rings is 1. The number of halogens is 1. The van der Waals surface area contributed by atoms with Crippen LogP contribution in [0.4, 0.5) is 0 Å². The third-order valence-electron chi connectivity index (χ3n) is 2.61. The predicted molar refractivity (Wildman–Crippen MR) is 73.6 cm³/mol. The van der Waals surface area contributed by atoms with E-state index in [9.17, 15) is 0 Å². The Morgan fingerprint density at radius 2 is 2.06 bits per heavy atom. The topological polar surface area (TPSA) is 30.5 Å². The Kier molecular flexibility index (Phi) is 5.95. The summed E-state index contributed by atoms with van der Waals surface area (Å²) < 4.78 is 11.8. The Balaban J connectivity index is 2.75. The van der Waals surface area contributed by atoms with Gasteiger partial charge in [0.2, 0.25) is 0 Å². The molecule has 2 unspecified atom stereocenters. The first-order valence-corrected chi connectivity index (χ1v) is 6.50. The summed E-state index contributed by atoms with van der Waals surface area (Å²) in [5, 5.41) is 3.21. The molecule has 1 aromatic carbocycles. The van der Waals surface area contributed by atoms with E-state index in [1.165, 1.54) is 5.56 Å².